The molecule has 1 aromatic heterocycles. The van der Waals surface area contributed by atoms with E-state index in [2.05, 4.69) is 24.6 Å². The fraction of sp³-hybridized carbons (Fsp3) is 0.476. The van der Waals surface area contributed by atoms with Crippen molar-refractivity contribution in [1.29, 1.82) is 0 Å². The molecular weight excluding hydrogens is 477 g/mol. The summed E-state index contributed by atoms with van der Waals surface area (Å²) in [6, 6.07) is 0.273. The second-order valence-corrected chi connectivity index (χ2v) is 8.33. The number of anilines is 1. The zero-order valence-corrected chi connectivity index (χ0v) is 19.5. The molecule has 1 saturated heterocycles. The van der Waals surface area contributed by atoms with Crippen LogP contribution in [0.4, 0.5) is 27.8 Å². The summed E-state index contributed by atoms with van der Waals surface area (Å²) in [4.78, 5) is 26.2. The highest BCUT2D eigenvalue weighted by atomic mass is 32.1. The Morgan fingerprint density at radius 2 is 1.94 bits per heavy atom. The molecule has 1 aliphatic rings. The van der Waals surface area contributed by atoms with Crippen molar-refractivity contribution in [3.8, 4) is 11.6 Å². The average molecular weight is 503 g/mol. The molecule has 3 rings (SSSR count). The number of ether oxygens (including phenoxy) is 3. The maximum Gasteiger partial charge on any atom is 0.513 e. The number of rotatable bonds is 9. The van der Waals surface area contributed by atoms with Crippen molar-refractivity contribution in [1.82, 2.24) is 14.6 Å². The molecule has 13 heteroatoms. The molecule has 1 aliphatic heterocycles. The van der Waals surface area contributed by atoms with E-state index in [-0.39, 0.29) is 22.2 Å². The molecule has 1 fully saturated rings. The number of halogens is 3. The minimum Gasteiger partial charge on any atom is -0.469 e. The van der Waals surface area contributed by atoms with Crippen LogP contribution in [-0.2, 0) is 11.3 Å². The van der Waals surface area contributed by atoms with E-state index in [1.807, 2.05) is 0 Å². The fourth-order valence-electron chi connectivity index (χ4n) is 3.34. The summed E-state index contributed by atoms with van der Waals surface area (Å²) in [5.74, 6) is -4.24. The first-order valence-corrected chi connectivity index (χ1v) is 11.4. The van der Waals surface area contributed by atoms with Gasteiger partial charge in [0.1, 0.15) is 12.4 Å². The van der Waals surface area contributed by atoms with Gasteiger partial charge in [-0.25, -0.2) is 22.8 Å². The van der Waals surface area contributed by atoms with E-state index in [1.165, 1.54) is 19.8 Å². The van der Waals surface area contributed by atoms with E-state index in [0.717, 1.165) is 39.2 Å². The smallest absolute Gasteiger partial charge is 0.469 e. The van der Waals surface area contributed by atoms with Crippen LogP contribution in [-0.4, -0.2) is 54.7 Å². The van der Waals surface area contributed by atoms with Gasteiger partial charge in [-0.1, -0.05) is 0 Å². The number of carbonyl (C=O) groups excluding carboxylic acids is 2. The highest BCUT2D eigenvalue weighted by Crippen LogP contribution is 2.39. The minimum absolute atomic E-state index is 0.00785. The van der Waals surface area contributed by atoms with Crippen LogP contribution in [0.25, 0.3) is 0 Å². The van der Waals surface area contributed by atoms with Crippen molar-refractivity contribution < 1.29 is 37.0 Å². The van der Waals surface area contributed by atoms with Gasteiger partial charge in [-0.3, -0.25) is 5.32 Å². The molecule has 186 valence electrons. The van der Waals surface area contributed by atoms with Crippen LogP contribution < -0.4 is 20.1 Å². The van der Waals surface area contributed by atoms with E-state index in [1.54, 1.807) is 0 Å². The van der Waals surface area contributed by atoms with Gasteiger partial charge < -0.3 is 24.4 Å². The number of benzene rings is 1. The Morgan fingerprint density at radius 3 is 2.65 bits per heavy atom. The number of carbonyl (C=O) groups is 2. The van der Waals surface area contributed by atoms with Gasteiger partial charge in [0.15, 0.2) is 16.6 Å². The largest absolute Gasteiger partial charge is 0.513 e. The normalized spacial score (nSPS) is 13.6. The number of methoxy groups -OCH3 is 1. The van der Waals surface area contributed by atoms with Crippen molar-refractivity contribution in [2.75, 3.05) is 38.6 Å². The number of hydrogen-bond donors (Lipinski definition) is 2. The van der Waals surface area contributed by atoms with Crippen molar-refractivity contribution in [3.05, 3.63) is 34.6 Å². The molecule has 0 radical (unpaired) electrons. The molecule has 2 heterocycles. The zero-order valence-electron chi connectivity index (χ0n) is 18.7. The molecule has 0 spiro atoms. The predicted molar refractivity (Wildman–Crippen MR) is 118 cm³/mol. The van der Waals surface area contributed by atoms with Crippen LogP contribution in [0.15, 0.2) is 6.07 Å². The maximum atomic E-state index is 14.1. The third-order valence-corrected chi connectivity index (χ3v) is 5.85. The van der Waals surface area contributed by atoms with Crippen LogP contribution in [0, 0.1) is 24.4 Å². The number of nitrogens with zero attached hydrogens (tertiary/aromatic N) is 2. The third kappa shape index (κ3) is 6.50. The molecule has 0 aliphatic carbocycles. The average Bonchev–Trinajstić information content (AvgIpc) is 3.46. The summed E-state index contributed by atoms with van der Waals surface area (Å²) in [5, 5.41) is 5.20. The Labute approximate surface area is 198 Å². The van der Waals surface area contributed by atoms with E-state index in [4.69, 9.17) is 9.47 Å². The molecule has 34 heavy (non-hydrogen) atoms. The van der Waals surface area contributed by atoms with E-state index >= 15 is 0 Å². The molecule has 1 aromatic carbocycles. The first-order chi connectivity index (χ1) is 16.3. The van der Waals surface area contributed by atoms with Crippen LogP contribution >= 0.6 is 11.5 Å². The van der Waals surface area contributed by atoms with Crippen molar-refractivity contribution in [2.24, 2.45) is 0 Å². The Morgan fingerprint density at radius 1 is 1.21 bits per heavy atom. The van der Waals surface area contributed by atoms with Gasteiger partial charge in [0.25, 0.3) is 5.88 Å². The van der Waals surface area contributed by atoms with Crippen LogP contribution in [0.5, 0.6) is 11.6 Å². The lowest BCUT2D eigenvalue weighted by atomic mass is 10.1. The maximum absolute atomic E-state index is 14.1. The summed E-state index contributed by atoms with van der Waals surface area (Å²) in [7, 11) is 1.07. The Kier molecular flexibility index (Phi) is 8.93. The highest BCUT2D eigenvalue weighted by molar-refractivity contribution is 7.11. The Balaban J connectivity index is 1.64. The van der Waals surface area contributed by atoms with E-state index in [9.17, 15) is 22.8 Å². The topological polar surface area (TPSA) is 102 Å². The molecule has 0 saturated carbocycles. The monoisotopic (exact) mass is 502 g/mol. The molecule has 0 atom stereocenters. The zero-order chi connectivity index (χ0) is 24.7. The number of amides is 2. The molecular formula is C21H25F3N4O5S. The molecule has 2 N–H and O–H groups in total. The third-order valence-electron chi connectivity index (χ3n) is 5.12. The number of nitrogens with one attached hydrogen (secondary N) is 2. The second-order valence-electron chi connectivity index (χ2n) is 7.56. The standard InChI is InChI=1S/C21H25F3N4O5S/c1-12-10-14(22)13(16(24)15(12)23)11-32-18-17(33-21(30)31-2)19(34-27-18)26-20(29)25-6-5-9-28-7-3-4-8-28/h10H,3-9,11H2,1-2H3,(H2,25,26,29). The lowest BCUT2D eigenvalue weighted by Crippen LogP contribution is -2.31. The lowest BCUT2D eigenvalue weighted by Gasteiger charge is -2.14. The van der Waals surface area contributed by atoms with Crippen LogP contribution in [0.3, 0.4) is 0 Å². The second kappa shape index (κ2) is 11.9. The molecule has 2 aromatic rings. The minimum atomic E-state index is -1.39. The summed E-state index contributed by atoms with van der Waals surface area (Å²) in [6.45, 7) is 3.92. The summed E-state index contributed by atoms with van der Waals surface area (Å²) >= 11 is 0.716. The highest BCUT2D eigenvalue weighted by Gasteiger charge is 2.24. The Bertz CT molecular complexity index is 1030. The summed E-state index contributed by atoms with van der Waals surface area (Å²) < 4.78 is 60.7. The van der Waals surface area contributed by atoms with Crippen LogP contribution in [0.1, 0.15) is 30.4 Å². The molecule has 2 amide bonds. The fourth-order valence-corrected chi connectivity index (χ4v) is 4.00. The number of urea groups is 1. The van der Waals surface area contributed by atoms with Gasteiger partial charge in [0.2, 0.25) is 5.75 Å². The van der Waals surface area contributed by atoms with E-state index < -0.39 is 41.8 Å². The number of hydrogen-bond acceptors (Lipinski definition) is 8. The number of aryl methyl sites for hydroxylation is 1. The van der Waals surface area contributed by atoms with Crippen molar-refractivity contribution >= 4 is 28.7 Å². The summed E-state index contributed by atoms with van der Waals surface area (Å²) in [5.41, 5.74) is -0.856. The van der Waals surface area contributed by atoms with Gasteiger partial charge in [0.05, 0.1) is 12.7 Å². The van der Waals surface area contributed by atoms with Crippen molar-refractivity contribution in [2.45, 2.75) is 32.8 Å². The van der Waals surface area contributed by atoms with E-state index in [0.29, 0.717) is 18.1 Å². The van der Waals surface area contributed by atoms with Gasteiger partial charge in [-0.15, -0.1) is 4.37 Å². The first kappa shape index (κ1) is 25.6. The molecule has 9 nitrogen and oxygen atoms in total. The van der Waals surface area contributed by atoms with Gasteiger partial charge >= 0.3 is 12.2 Å². The van der Waals surface area contributed by atoms with Gasteiger partial charge in [-0.2, -0.15) is 0 Å². The first-order valence-electron chi connectivity index (χ1n) is 10.6. The van der Waals surface area contributed by atoms with Gasteiger partial charge in [0, 0.05) is 6.54 Å². The SMILES string of the molecule is COC(=O)Oc1c(OCc2c(F)cc(C)c(F)c2F)nsc1NC(=O)NCCCN1CCCC1. The van der Waals surface area contributed by atoms with Gasteiger partial charge in [-0.05, 0) is 69.0 Å². The quantitative estimate of drug-likeness (QED) is 0.301. The molecule has 0 unspecified atom stereocenters. The number of aromatic nitrogens is 1. The predicted octanol–water partition coefficient (Wildman–Crippen LogP) is 4.20. The summed E-state index contributed by atoms with van der Waals surface area (Å²) in [6.07, 6.45) is 2.01. The van der Waals surface area contributed by atoms with Crippen molar-refractivity contribution in [3.63, 3.8) is 0 Å². The van der Waals surface area contributed by atoms with Crippen LogP contribution in [0.2, 0.25) is 0 Å². The Hall–Kier alpha value is -3.06. The molecule has 0 bridgehead atoms. The number of likely N-dealkylation sites (tertiary alicyclic amines) is 1. The lowest BCUT2D eigenvalue weighted by molar-refractivity contribution is 0.119.